The van der Waals surface area contributed by atoms with Crippen molar-refractivity contribution in [1.82, 2.24) is 19.7 Å². The summed E-state index contributed by atoms with van der Waals surface area (Å²) in [6, 6.07) is 5.81. The Bertz CT molecular complexity index is 1090. The first-order chi connectivity index (χ1) is 14.8. The molecule has 0 fully saturated rings. The number of nitrogens with one attached hydrogen (secondary N) is 2. The van der Waals surface area contributed by atoms with Crippen molar-refractivity contribution in [2.24, 2.45) is 0 Å². The summed E-state index contributed by atoms with van der Waals surface area (Å²) in [5, 5.41) is 16.8. The molecule has 0 radical (unpaired) electrons. The molecule has 3 rings (SSSR count). The van der Waals surface area contributed by atoms with Crippen molar-refractivity contribution in [3.63, 3.8) is 0 Å². The Morgan fingerprint density at radius 2 is 1.94 bits per heavy atom. The third kappa shape index (κ3) is 5.92. The van der Waals surface area contributed by atoms with Crippen molar-refractivity contribution in [1.29, 1.82) is 0 Å². The second kappa shape index (κ2) is 10.1. The Morgan fingerprint density at radius 3 is 2.58 bits per heavy atom. The largest absolute Gasteiger partial charge is 0.326 e. The number of nitrogens with zero attached hydrogens (tertiary/aromatic N) is 4. The first kappa shape index (κ1) is 23.0. The van der Waals surface area contributed by atoms with Crippen molar-refractivity contribution in [3.05, 3.63) is 46.2 Å². The number of thiazole rings is 1. The van der Waals surface area contributed by atoms with Gasteiger partial charge in [-0.1, -0.05) is 17.8 Å². The maximum atomic E-state index is 12.5. The molecule has 3 aromatic rings. The van der Waals surface area contributed by atoms with Gasteiger partial charge >= 0.3 is 0 Å². The van der Waals surface area contributed by atoms with E-state index in [0.29, 0.717) is 22.7 Å². The van der Waals surface area contributed by atoms with Gasteiger partial charge in [-0.3, -0.25) is 9.59 Å². The van der Waals surface area contributed by atoms with Crippen LogP contribution in [0.5, 0.6) is 0 Å². The third-order valence-corrected chi connectivity index (χ3v) is 6.68. The van der Waals surface area contributed by atoms with Crippen molar-refractivity contribution < 1.29 is 9.59 Å². The Balaban J connectivity index is 1.63. The van der Waals surface area contributed by atoms with E-state index >= 15 is 0 Å². The van der Waals surface area contributed by atoms with Crippen LogP contribution in [0.1, 0.15) is 36.5 Å². The van der Waals surface area contributed by atoms with Gasteiger partial charge in [0.05, 0.1) is 17.4 Å². The molecule has 2 amide bonds. The van der Waals surface area contributed by atoms with Crippen LogP contribution < -0.4 is 10.6 Å². The normalized spacial score (nSPS) is 11.9. The van der Waals surface area contributed by atoms with Gasteiger partial charge in [0, 0.05) is 17.6 Å². The molecule has 2 heterocycles. The lowest BCUT2D eigenvalue weighted by Crippen LogP contribution is -2.23. The van der Waals surface area contributed by atoms with Crippen molar-refractivity contribution in [2.75, 3.05) is 10.6 Å². The van der Waals surface area contributed by atoms with E-state index in [1.54, 1.807) is 6.92 Å². The molecule has 31 heavy (non-hydrogen) atoms. The SMILES string of the molecule is CCn1c(CC(=O)Nc2ccc(C)c(C)c2)nnc1SC(C)C(=O)Nc1nc(C)cs1. The number of benzene rings is 1. The molecule has 1 atom stereocenters. The van der Waals surface area contributed by atoms with Crippen LogP contribution in [0.3, 0.4) is 0 Å². The van der Waals surface area contributed by atoms with E-state index in [2.05, 4.69) is 25.8 Å². The van der Waals surface area contributed by atoms with Crippen LogP contribution in [0.15, 0.2) is 28.7 Å². The van der Waals surface area contributed by atoms with Crippen LogP contribution in [0.2, 0.25) is 0 Å². The third-order valence-electron chi connectivity index (χ3n) is 4.72. The molecule has 0 aliphatic heterocycles. The Morgan fingerprint density at radius 1 is 1.16 bits per heavy atom. The minimum Gasteiger partial charge on any atom is -0.326 e. The average molecular weight is 459 g/mol. The molecular formula is C21H26N6O2S2. The highest BCUT2D eigenvalue weighted by Gasteiger charge is 2.21. The van der Waals surface area contributed by atoms with E-state index in [1.807, 2.05) is 55.8 Å². The summed E-state index contributed by atoms with van der Waals surface area (Å²) in [4.78, 5) is 29.3. The standard InChI is InChI=1S/C21H26N6O2S2/c1-6-27-17(10-18(28)23-16-8-7-12(2)13(3)9-16)25-26-21(27)31-15(5)19(29)24-20-22-14(4)11-30-20/h7-9,11,15H,6,10H2,1-5H3,(H,23,28)(H,22,24,29). The van der Waals surface area contributed by atoms with Gasteiger partial charge in [0.25, 0.3) is 0 Å². The molecule has 2 aromatic heterocycles. The summed E-state index contributed by atoms with van der Waals surface area (Å²) in [7, 11) is 0. The molecule has 8 nitrogen and oxygen atoms in total. The molecule has 2 N–H and O–H groups in total. The molecule has 0 aliphatic carbocycles. The van der Waals surface area contributed by atoms with Crippen molar-refractivity contribution >= 4 is 45.7 Å². The van der Waals surface area contributed by atoms with Gasteiger partial charge in [-0.15, -0.1) is 21.5 Å². The number of hydrogen-bond acceptors (Lipinski definition) is 7. The fourth-order valence-corrected chi connectivity index (χ4v) is 4.48. The quantitative estimate of drug-likeness (QED) is 0.495. The number of hydrogen-bond donors (Lipinski definition) is 2. The van der Waals surface area contributed by atoms with Crippen LogP contribution >= 0.6 is 23.1 Å². The highest BCUT2D eigenvalue weighted by Crippen LogP contribution is 2.24. The molecule has 164 valence electrons. The van der Waals surface area contributed by atoms with Crippen molar-refractivity contribution in [3.8, 4) is 0 Å². The topological polar surface area (TPSA) is 102 Å². The predicted octanol–water partition coefficient (Wildman–Crippen LogP) is 3.98. The van der Waals surface area contributed by atoms with E-state index in [9.17, 15) is 9.59 Å². The molecule has 10 heteroatoms. The Kier molecular flexibility index (Phi) is 7.45. The van der Waals surface area contributed by atoms with E-state index < -0.39 is 5.25 Å². The number of carbonyl (C=O) groups is 2. The van der Waals surface area contributed by atoms with Gasteiger partial charge in [0.2, 0.25) is 11.8 Å². The number of thioether (sulfide) groups is 1. The van der Waals surface area contributed by atoms with E-state index in [4.69, 9.17) is 0 Å². The van der Waals surface area contributed by atoms with Gasteiger partial charge in [-0.05, 0) is 57.9 Å². The minimum atomic E-state index is -0.393. The van der Waals surface area contributed by atoms with Crippen LogP contribution in [0, 0.1) is 20.8 Å². The zero-order chi connectivity index (χ0) is 22.5. The molecule has 0 spiro atoms. The molecule has 0 aliphatic rings. The number of amides is 2. The van der Waals surface area contributed by atoms with E-state index in [1.165, 1.54) is 28.7 Å². The van der Waals surface area contributed by atoms with Crippen LogP contribution in [0.25, 0.3) is 0 Å². The summed E-state index contributed by atoms with van der Waals surface area (Å²) >= 11 is 2.70. The lowest BCUT2D eigenvalue weighted by molar-refractivity contribution is -0.116. The van der Waals surface area contributed by atoms with Crippen LogP contribution in [-0.4, -0.2) is 36.8 Å². The fraction of sp³-hybridized carbons (Fsp3) is 0.381. The fourth-order valence-electron chi connectivity index (χ4n) is 2.85. The van der Waals surface area contributed by atoms with E-state index in [-0.39, 0.29) is 18.2 Å². The predicted molar refractivity (Wildman–Crippen MR) is 125 cm³/mol. The summed E-state index contributed by atoms with van der Waals surface area (Å²) in [5.74, 6) is 0.250. The minimum absolute atomic E-state index is 0.104. The van der Waals surface area contributed by atoms with Crippen LogP contribution in [0.4, 0.5) is 10.8 Å². The molecule has 0 bridgehead atoms. The number of aromatic nitrogens is 4. The molecule has 1 aromatic carbocycles. The molecule has 1 unspecified atom stereocenters. The maximum absolute atomic E-state index is 12.5. The lowest BCUT2D eigenvalue weighted by atomic mass is 10.1. The molecular weight excluding hydrogens is 432 g/mol. The van der Waals surface area contributed by atoms with Gasteiger partial charge in [0.15, 0.2) is 10.3 Å². The first-order valence-corrected chi connectivity index (χ1v) is 11.7. The average Bonchev–Trinajstić information content (AvgIpc) is 3.29. The van der Waals surface area contributed by atoms with Gasteiger partial charge in [0.1, 0.15) is 5.82 Å². The molecule has 0 saturated heterocycles. The second-order valence-electron chi connectivity index (χ2n) is 7.21. The Hall–Kier alpha value is -2.72. The highest BCUT2D eigenvalue weighted by molar-refractivity contribution is 8.00. The monoisotopic (exact) mass is 458 g/mol. The highest BCUT2D eigenvalue weighted by atomic mass is 32.2. The number of carbonyl (C=O) groups excluding carboxylic acids is 2. The lowest BCUT2D eigenvalue weighted by Gasteiger charge is -2.12. The van der Waals surface area contributed by atoms with Crippen molar-refractivity contribution in [2.45, 2.75) is 58.0 Å². The van der Waals surface area contributed by atoms with Crippen LogP contribution in [-0.2, 0) is 22.6 Å². The number of rotatable bonds is 8. The van der Waals surface area contributed by atoms with E-state index in [0.717, 1.165) is 16.9 Å². The maximum Gasteiger partial charge on any atom is 0.239 e. The summed E-state index contributed by atoms with van der Waals surface area (Å²) in [5.41, 5.74) is 3.92. The van der Waals surface area contributed by atoms with Gasteiger partial charge in [-0.25, -0.2) is 4.98 Å². The Labute approximate surface area is 189 Å². The van der Waals surface area contributed by atoms with Gasteiger partial charge in [-0.2, -0.15) is 0 Å². The summed E-state index contributed by atoms with van der Waals surface area (Å²) in [6.07, 6.45) is 0.104. The zero-order valence-corrected chi connectivity index (χ0v) is 19.9. The molecule has 0 saturated carbocycles. The second-order valence-corrected chi connectivity index (χ2v) is 9.38. The summed E-state index contributed by atoms with van der Waals surface area (Å²) < 4.78 is 1.86. The summed E-state index contributed by atoms with van der Waals surface area (Å²) in [6.45, 7) is 10.3. The number of aryl methyl sites for hydroxylation is 3. The smallest absolute Gasteiger partial charge is 0.239 e. The zero-order valence-electron chi connectivity index (χ0n) is 18.2. The number of anilines is 2. The first-order valence-electron chi connectivity index (χ1n) is 9.95. The van der Waals surface area contributed by atoms with Gasteiger partial charge < -0.3 is 15.2 Å².